The molecule has 1 aromatic heterocycles. The number of hydrogen-bond acceptors (Lipinski definition) is 6. The van der Waals surface area contributed by atoms with Crippen LogP contribution in [0.3, 0.4) is 0 Å². The summed E-state index contributed by atoms with van der Waals surface area (Å²) in [6.45, 7) is 8.96. The molecule has 2 rings (SSSR count). The first kappa shape index (κ1) is 16.9. The van der Waals surface area contributed by atoms with Crippen molar-refractivity contribution in [2.45, 2.75) is 56.5 Å². The van der Waals surface area contributed by atoms with Crippen molar-refractivity contribution in [3.05, 3.63) is 11.8 Å². The van der Waals surface area contributed by atoms with Gasteiger partial charge in [0.1, 0.15) is 11.4 Å². The number of aryl methyl sites for hydroxylation is 1. The molecule has 1 amide bonds. The van der Waals surface area contributed by atoms with Crippen molar-refractivity contribution in [1.82, 2.24) is 14.9 Å². The second-order valence-corrected chi connectivity index (χ2v) is 7.77. The number of nitrogens with zero attached hydrogens (tertiary/aromatic N) is 3. The fraction of sp³-hybridized carbons (Fsp3) is 0.667. The van der Waals surface area contributed by atoms with E-state index in [2.05, 4.69) is 9.97 Å². The van der Waals surface area contributed by atoms with Gasteiger partial charge in [-0.2, -0.15) is 0 Å². The van der Waals surface area contributed by atoms with Crippen molar-refractivity contribution in [1.29, 1.82) is 0 Å². The average molecular weight is 324 g/mol. The first-order chi connectivity index (χ1) is 10.2. The monoisotopic (exact) mass is 324 g/mol. The van der Waals surface area contributed by atoms with Crippen LogP contribution in [0.2, 0.25) is 0 Å². The highest BCUT2D eigenvalue weighted by molar-refractivity contribution is 7.99. The molecule has 22 heavy (non-hydrogen) atoms. The van der Waals surface area contributed by atoms with Crippen molar-refractivity contribution in [2.24, 2.45) is 0 Å². The molecule has 0 atom stereocenters. The Labute approximate surface area is 135 Å². The molecule has 1 saturated heterocycles. The third-order valence-corrected chi connectivity index (χ3v) is 4.42. The number of carbonyl (C=O) groups is 1. The summed E-state index contributed by atoms with van der Waals surface area (Å²) in [6, 6.07) is 1.76. The molecule has 0 radical (unpaired) electrons. The predicted molar refractivity (Wildman–Crippen MR) is 87.9 cm³/mol. The van der Waals surface area contributed by atoms with E-state index in [-0.39, 0.29) is 6.09 Å². The molecule has 6 nitrogen and oxygen atoms in total. The van der Waals surface area contributed by atoms with Crippen LogP contribution in [0.5, 0.6) is 0 Å². The van der Waals surface area contributed by atoms with Crippen LogP contribution in [0.4, 0.5) is 10.6 Å². The summed E-state index contributed by atoms with van der Waals surface area (Å²) in [5, 5.41) is 1.12. The van der Waals surface area contributed by atoms with Gasteiger partial charge in [-0.15, -0.1) is 0 Å². The van der Waals surface area contributed by atoms with Crippen LogP contribution in [0.1, 0.15) is 39.3 Å². The molecule has 0 saturated carbocycles. The van der Waals surface area contributed by atoms with Crippen LogP contribution in [0.25, 0.3) is 0 Å². The van der Waals surface area contributed by atoms with Crippen LogP contribution < -0.4 is 5.73 Å². The van der Waals surface area contributed by atoms with Gasteiger partial charge in [0.2, 0.25) is 0 Å². The molecule has 122 valence electrons. The fourth-order valence-electron chi connectivity index (χ4n) is 2.25. The molecule has 7 heteroatoms. The number of rotatable bonds is 2. The van der Waals surface area contributed by atoms with E-state index in [0.29, 0.717) is 29.3 Å². The van der Waals surface area contributed by atoms with E-state index < -0.39 is 5.60 Å². The lowest BCUT2D eigenvalue weighted by Crippen LogP contribution is -2.42. The van der Waals surface area contributed by atoms with E-state index in [1.54, 1.807) is 22.7 Å². The summed E-state index contributed by atoms with van der Waals surface area (Å²) in [7, 11) is 0. The van der Waals surface area contributed by atoms with E-state index in [0.717, 1.165) is 18.5 Å². The molecule has 1 aliphatic heterocycles. The number of anilines is 1. The SMILES string of the molecule is Cc1cc(N)nc(SC2CCN(C(=O)OC(C)(C)C)CC2)n1. The molecule has 0 bridgehead atoms. The van der Waals surface area contributed by atoms with Crippen LogP contribution in [0.15, 0.2) is 11.2 Å². The second kappa shape index (κ2) is 6.73. The molecule has 0 aliphatic carbocycles. The third kappa shape index (κ3) is 5.05. The standard InChI is InChI=1S/C15H24N4O2S/c1-10-9-12(16)18-13(17-10)22-11-5-7-19(8-6-11)14(20)21-15(2,3)4/h9,11H,5-8H2,1-4H3,(H2,16,17,18). The summed E-state index contributed by atoms with van der Waals surface area (Å²) in [5.41, 5.74) is 6.18. The molecular formula is C15H24N4O2S. The quantitative estimate of drug-likeness (QED) is 0.843. The van der Waals surface area contributed by atoms with Gasteiger partial charge in [-0.1, -0.05) is 11.8 Å². The zero-order valence-electron chi connectivity index (χ0n) is 13.6. The molecule has 2 heterocycles. The molecule has 0 unspecified atom stereocenters. The van der Waals surface area contributed by atoms with Crippen LogP contribution in [-0.4, -0.2) is 44.9 Å². The Bertz CT molecular complexity index is 517. The van der Waals surface area contributed by atoms with Gasteiger partial charge in [0.25, 0.3) is 0 Å². The smallest absolute Gasteiger partial charge is 0.410 e. The average Bonchev–Trinajstić information content (AvgIpc) is 2.36. The van der Waals surface area contributed by atoms with Gasteiger partial charge >= 0.3 is 6.09 Å². The zero-order chi connectivity index (χ0) is 16.3. The molecular weight excluding hydrogens is 300 g/mol. The highest BCUT2D eigenvalue weighted by atomic mass is 32.2. The van der Waals surface area contributed by atoms with Gasteiger partial charge in [-0.3, -0.25) is 0 Å². The normalized spacial score (nSPS) is 16.6. The maximum absolute atomic E-state index is 12.0. The number of piperidine rings is 1. The number of aromatic nitrogens is 2. The molecule has 1 aromatic rings. The minimum Gasteiger partial charge on any atom is -0.444 e. The maximum atomic E-state index is 12.0. The summed E-state index contributed by atoms with van der Waals surface area (Å²) >= 11 is 1.64. The number of nitrogen functional groups attached to an aromatic ring is 1. The number of hydrogen-bond donors (Lipinski definition) is 1. The lowest BCUT2D eigenvalue weighted by Gasteiger charge is -2.32. The summed E-state index contributed by atoms with van der Waals surface area (Å²) in [4.78, 5) is 22.4. The highest BCUT2D eigenvalue weighted by Gasteiger charge is 2.27. The zero-order valence-corrected chi connectivity index (χ0v) is 14.4. The number of carbonyl (C=O) groups excluding carboxylic acids is 1. The number of ether oxygens (including phenoxy) is 1. The molecule has 1 aliphatic rings. The fourth-order valence-corrected chi connectivity index (χ4v) is 3.35. The predicted octanol–water partition coefficient (Wildman–Crippen LogP) is 2.86. The van der Waals surface area contributed by atoms with Crippen molar-refractivity contribution in [3.8, 4) is 0 Å². The highest BCUT2D eigenvalue weighted by Crippen LogP contribution is 2.29. The Morgan fingerprint density at radius 2 is 2.00 bits per heavy atom. The van der Waals surface area contributed by atoms with Crippen molar-refractivity contribution < 1.29 is 9.53 Å². The van der Waals surface area contributed by atoms with Gasteiger partial charge in [-0.25, -0.2) is 14.8 Å². The van der Waals surface area contributed by atoms with Crippen molar-refractivity contribution >= 4 is 23.7 Å². The van der Waals surface area contributed by atoms with Gasteiger partial charge in [0.15, 0.2) is 5.16 Å². The number of thioether (sulfide) groups is 1. The lowest BCUT2D eigenvalue weighted by molar-refractivity contribution is 0.0219. The van der Waals surface area contributed by atoms with E-state index in [1.807, 2.05) is 27.7 Å². The van der Waals surface area contributed by atoms with Crippen LogP contribution in [-0.2, 0) is 4.74 Å². The third-order valence-electron chi connectivity index (χ3n) is 3.22. The van der Waals surface area contributed by atoms with E-state index >= 15 is 0 Å². The molecule has 1 fully saturated rings. The van der Waals surface area contributed by atoms with Gasteiger partial charge in [0, 0.05) is 30.1 Å². The molecule has 0 aromatic carbocycles. The maximum Gasteiger partial charge on any atom is 0.410 e. The van der Waals surface area contributed by atoms with Crippen molar-refractivity contribution in [3.63, 3.8) is 0 Å². The summed E-state index contributed by atoms with van der Waals surface area (Å²) in [6.07, 6.45) is 1.58. The first-order valence-corrected chi connectivity index (χ1v) is 8.36. The van der Waals surface area contributed by atoms with Crippen LogP contribution >= 0.6 is 11.8 Å². The van der Waals surface area contributed by atoms with Crippen LogP contribution in [0, 0.1) is 6.92 Å². The Hall–Kier alpha value is -1.50. The van der Waals surface area contributed by atoms with Crippen molar-refractivity contribution in [2.75, 3.05) is 18.8 Å². The molecule has 2 N–H and O–H groups in total. The van der Waals surface area contributed by atoms with Gasteiger partial charge in [-0.05, 0) is 40.5 Å². The Balaban J connectivity index is 1.86. The van der Waals surface area contributed by atoms with E-state index in [9.17, 15) is 4.79 Å². The van der Waals surface area contributed by atoms with Gasteiger partial charge in [0.05, 0.1) is 0 Å². The van der Waals surface area contributed by atoms with E-state index in [4.69, 9.17) is 10.5 Å². The van der Waals surface area contributed by atoms with E-state index in [1.165, 1.54) is 0 Å². The largest absolute Gasteiger partial charge is 0.444 e. The number of likely N-dealkylation sites (tertiary alicyclic amines) is 1. The summed E-state index contributed by atoms with van der Waals surface area (Å²) < 4.78 is 5.40. The minimum absolute atomic E-state index is 0.230. The Morgan fingerprint density at radius 1 is 1.36 bits per heavy atom. The Morgan fingerprint density at radius 3 is 2.55 bits per heavy atom. The lowest BCUT2D eigenvalue weighted by atomic mass is 10.1. The Kier molecular flexibility index (Phi) is 5.16. The molecule has 0 spiro atoms. The van der Waals surface area contributed by atoms with Gasteiger partial charge < -0.3 is 15.4 Å². The second-order valence-electron chi connectivity index (χ2n) is 6.50. The number of nitrogens with two attached hydrogens (primary N) is 1. The minimum atomic E-state index is -0.449. The summed E-state index contributed by atoms with van der Waals surface area (Å²) in [5.74, 6) is 0.501. The topological polar surface area (TPSA) is 81.3 Å². The first-order valence-electron chi connectivity index (χ1n) is 7.49. The number of amides is 1.